The summed E-state index contributed by atoms with van der Waals surface area (Å²) in [4.78, 5) is 20.7. The van der Waals surface area contributed by atoms with Gasteiger partial charge in [0.05, 0.1) is 22.7 Å². The number of benzene rings is 1. The van der Waals surface area contributed by atoms with Gasteiger partial charge >= 0.3 is 0 Å². The van der Waals surface area contributed by atoms with Gasteiger partial charge in [0.1, 0.15) is 11.1 Å². The molecule has 5 nitrogen and oxygen atoms in total. The van der Waals surface area contributed by atoms with Crippen molar-refractivity contribution < 1.29 is 13.6 Å². The van der Waals surface area contributed by atoms with Gasteiger partial charge in [0.15, 0.2) is 11.6 Å². The number of carbonyl (C=O) groups is 1. The molecule has 2 heterocycles. The molecule has 0 saturated carbocycles. The molecule has 1 N–H and O–H groups in total. The first-order chi connectivity index (χ1) is 13.1. The lowest BCUT2D eigenvalue weighted by Crippen LogP contribution is -2.14. The van der Waals surface area contributed by atoms with Crippen molar-refractivity contribution in [2.24, 2.45) is 0 Å². The molecule has 3 aromatic rings. The minimum absolute atomic E-state index is 0.0493. The van der Waals surface area contributed by atoms with Gasteiger partial charge < -0.3 is 5.32 Å². The lowest BCUT2D eigenvalue weighted by Gasteiger charge is -2.07. The average Bonchev–Trinajstić information content (AvgIpc) is 2.69. The zero-order valence-corrected chi connectivity index (χ0v) is 14.6. The van der Waals surface area contributed by atoms with E-state index in [9.17, 15) is 18.8 Å². The van der Waals surface area contributed by atoms with E-state index in [1.54, 1.807) is 30.5 Å². The fraction of sp³-hybridized carbons (Fsp3) is 0.0526. The normalized spacial score (nSPS) is 10.3. The van der Waals surface area contributed by atoms with Gasteiger partial charge in [0, 0.05) is 18.0 Å². The van der Waals surface area contributed by atoms with Gasteiger partial charge in [-0.3, -0.25) is 9.78 Å². The highest BCUT2D eigenvalue weighted by atomic mass is 32.2. The number of anilines is 1. The van der Waals surface area contributed by atoms with Crippen molar-refractivity contribution in [1.82, 2.24) is 9.97 Å². The molecule has 0 atom stereocenters. The van der Waals surface area contributed by atoms with Crippen LogP contribution in [0.1, 0.15) is 5.56 Å². The summed E-state index contributed by atoms with van der Waals surface area (Å²) in [6.45, 7) is 0. The van der Waals surface area contributed by atoms with E-state index in [1.807, 2.05) is 12.1 Å². The predicted octanol–water partition coefficient (Wildman–Crippen LogP) is 4.02. The molecule has 27 heavy (non-hydrogen) atoms. The van der Waals surface area contributed by atoms with Gasteiger partial charge in [-0.25, -0.2) is 13.8 Å². The molecule has 2 aromatic heterocycles. The van der Waals surface area contributed by atoms with Gasteiger partial charge in [-0.05, 0) is 36.4 Å². The van der Waals surface area contributed by atoms with Crippen molar-refractivity contribution in [3.63, 3.8) is 0 Å². The summed E-state index contributed by atoms with van der Waals surface area (Å²) >= 11 is 1.07. The van der Waals surface area contributed by atoms with Crippen molar-refractivity contribution in [3.8, 4) is 17.5 Å². The molecular formula is C19H12F2N4OS. The maximum atomic E-state index is 13.2. The average molecular weight is 382 g/mol. The smallest absolute Gasteiger partial charge is 0.234 e. The van der Waals surface area contributed by atoms with Crippen molar-refractivity contribution in [1.29, 1.82) is 5.26 Å². The highest BCUT2D eigenvalue weighted by molar-refractivity contribution is 8.00. The van der Waals surface area contributed by atoms with Gasteiger partial charge in [0.25, 0.3) is 0 Å². The summed E-state index contributed by atoms with van der Waals surface area (Å²) < 4.78 is 26.1. The summed E-state index contributed by atoms with van der Waals surface area (Å²) in [5.41, 5.74) is 1.71. The predicted molar refractivity (Wildman–Crippen MR) is 97.9 cm³/mol. The Morgan fingerprint density at radius 1 is 1.11 bits per heavy atom. The number of halogens is 2. The topological polar surface area (TPSA) is 78.7 Å². The highest BCUT2D eigenvalue weighted by Crippen LogP contribution is 2.24. The quantitative estimate of drug-likeness (QED) is 0.674. The Balaban J connectivity index is 1.72. The fourth-order valence-electron chi connectivity index (χ4n) is 2.20. The molecular weight excluding hydrogens is 370 g/mol. The van der Waals surface area contributed by atoms with E-state index in [4.69, 9.17) is 0 Å². The maximum Gasteiger partial charge on any atom is 0.234 e. The van der Waals surface area contributed by atoms with E-state index in [2.05, 4.69) is 15.3 Å². The first-order valence-corrected chi connectivity index (χ1v) is 8.75. The van der Waals surface area contributed by atoms with Crippen LogP contribution in [-0.2, 0) is 4.79 Å². The van der Waals surface area contributed by atoms with E-state index in [0.29, 0.717) is 22.0 Å². The molecule has 1 amide bonds. The van der Waals surface area contributed by atoms with E-state index in [-0.39, 0.29) is 11.4 Å². The first kappa shape index (κ1) is 18.5. The molecule has 8 heteroatoms. The molecule has 0 aliphatic heterocycles. The van der Waals surface area contributed by atoms with Crippen molar-refractivity contribution in [2.75, 3.05) is 11.1 Å². The Kier molecular flexibility index (Phi) is 5.74. The molecule has 0 unspecified atom stereocenters. The number of nitrogens with one attached hydrogen (secondary N) is 1. The van der Waals surface area contributed by atoms with Gasteiger partial charge in [-0.1, -0.05) is 17.8 Å². The van der Waals surface area contributed by atoms with Crippen LogP contribution in [0.4, 0.5) is 14.5 Å². The standard InChI is InChI=1S/C19H12F2N4OS/c20-14-6-5-13(9-15(14)21)24-18(26)11-27-19-12(10-22)4-7-17(25-19)16-3-1-2-8-23-16/h1-9H,11H2,(H,24,26). The minimum atomic E-state index is -1.04. The maximum absolute atomic E-state index is 13.2. The Hall–Kier alpha value is -3.31. The number of nitriles is 1. The number of carbonyl (C=O) groups excluding carboxylic acids is 1. The summed E-state index contributed by atoms with van der Waals surface area (Å²) in [6, 6.07) is 13.8. The van der Waals surface area contributed by atoms with Gasteiger partial charge in [-0.2, -0.15) is 5.26 Å². The highest BCUT2D eigenvalue weighted by Gasteiger charge is 2.12. The van der Waals surface area contributed by atoms with Gasteiger partial charge in [-0.15, -0.1) is 0 Å². The van der Waals surface area contributed by atoms with Crippen LogP contribution in [0.3, 0.4) is 0 Å². The minimum Gasteiger partial charge on any atom is -0.325 e. The number of pyridine rings is 2. The van der Waals surface area contributed by atoms with Crippen LogP contribution >= 0.6 is 11.8 Å². The van der Waals surface area contributed by atoms with Crippen molar-refractivity contribution in [3.05, 3.63) is 71.9 Å². The van der Waals surface area contributed by atoms with E-state index in [0.717, 1.165) is 23.9 Å². The van der Waals surface area contributed by atoms with Crippen LogP contribution in [0.2, 0.25) is 0 Å². The molecule has 0 fully saturated rings. The number of hydrogen-bond acceptors (Lipinski definition) is 5. The van der Waals surface area contributed by atoms with Crippen LogP contribution in [0, 0.1) is 23.0 Å². The number of rotatable bonds is 5. The first-order valence-electron chi connectivity index (χ1n) is 7.77. The molecule has 0 aliphatic carbocycles. The lowest BCUT2D eigenvalue weighted by atomic mass is 10.2. The monoisotopic (exact) mass is 382 g/mol. The summed E-state index contributed by atoms with van der Waals surface area (Å²) in [5.74, 6) is -2.51. The number of nitrogens with zero attached hydrogens (tertiary/aromatic N) is 3. The second-order valence-electron chi connectivity index (χ2n) is 5.34. The number of amides is 1. The fourth-order valence-corrected chi connectivity index (χ4v) is 2.97. The third kappa shape index (κ3) is 4.65. The number of thioether (sulfide) groups is 1. The molecule has 0 spiro atoms. The largest absolute Gasteiger partial charge is 0.325 e. The Labute approximate surface area is 158 Å². The molecule has 0 bridgehead atoms. The van der Waals surface area contributed by atoms with Crippen molar-refractivity contribution >= 4 is 23.4 Å². The molecule has 0 radical (unpaired) electrons. The Morgan fingerprint density at radius 3 is 2.67 bits per heavy atom. The van der Waals surface area contributed by atoms with E-state index in [1.165, 1.54) is 6.07 Å². The van der Waals surface area contributed by atoms with Gasteiger partial charge in [0.2, 0.25) is 5.91 Å². The SMILES string of the molecule is N#Cc1ccc(-c2ccccn2)nc1SCC(=O)Nc1ccc(F)c(F)c1. The second kappa shape index (κ2) is 8.38. The second-order valence-corrected chi connectivity index (χ2v) is 6.31. The van der Waals surface area contributed by atoms with Crippen LogP contribution in [-0.4, -0.2) is 21.6 Å². The summed E-state index contributed by atoms with van der Waals surface area (Å²) in [7, 11) is 0. The lowest BCUT2D eigenvalue weighted by molar-refractivity contribution is -0.113. The number of aromatic nitrogens is 2. The van der Waals surface area contributed by atoms with Crippen LogP contribution < -0.4 is 5.32 Å². The molecule has 134 valence electrons. The third-order valence-corrected chi connectivity index (χ3v) is 4.44. The summed E-state index contributed by atoms with van der Waals surface area (Å²) in [5, 5.41) is 12.1. The number of hydrogen-bond donors (Lipinski definition) is 1. The van der Waals surface area contributed by atoms with Crippen molar-refractivity contribution in [2.45, 2.75) is 5.03 Å². The van der Waals surface area contributed by atoms with Crippen LogP contribution in [0.5, 0.6) is 0 Å². The van der Waals surface area contributed by atoms with Crippen LogP contribution in [0.15, 0.2) is 59.8 Å². The Morgan fingerprint density at radius 2 is 1.96 bits per heavy atom. The molecule has 0 aliphatic rings. The third-order valence-electron chi connectivity index (χ3n) is 3.45. The van der Waals surface area contributed by atoms with E-state index >= 15 is 0 Å². The van der Waals surface area contributed by atoms with Crippen LogP contribution in [0.25, 0.3) is 11.4 Å². The molecule has 3 rings (SSSR count). The molecule has 0 saturated heterocycles. The molecule has 1 aromatic carbocycles. The van der Waals surface area contributed by atoms with E-state index < -0.39 is 17.5 Å². The summed E-state index contributed by atoms with van der Waals surface area (Å²) in [6.07, 6.45) is 1.64. The zero-order valence-electron chi connectivity index (χ0n) is 13.8. The zero-order chi connectivity index (χ0) is 19.2. The Bertz CT molecular complexity index is 1020.